The van der Waals surface area contributed by atoms with Gasteiger partial charge in [0.1, 0.15) is 6.04 Å². The van der Waals surface area contributed by atoms with Crippen LogP contribution < -0.4 is 9.62 Å². The monoisotopic (exact) mass is 417 g/mol. The summed E-state index contributed by atoms with van der Waals surface area (Å²) in [7, 11) is -3.66. The topological polar surface area (TPSA) is 79.0 Å². The minimum Gasteiger partial charge on any atom is -0.379 e. The average molecular weight is 418 g/mol. The molecule has 1 aliphatic rings. The van der Waals surface area contributed by atoms with Crippen LogP contribution in [0.2, 0.25) is 5.02 Å². The fourth-order valence-corrected chi connectivity index (χ4v) is 4.44. The Kier molecular flexibility index (Phi) is 7.91. The number of carbonyl (C=O) groups excluding carboxylic acids is 1. The molecule has 0 spiro atoms. The molecule has 1 atom stereocenters. The molecule has 0 bridgehead atoms. The molecule has 7 nitrogen and oxygen atoms in total. The molecule has 0 aromatic heterocycles. The van der Waals surface area contributed by atoms with Gasteiger partial charge in [-0.15, -0.1) is 0 Å². The van der Waals surface area contributed by atoms with Crippen molar-refractivity contribution in [3.05, 3.63) is 28.8 Å². The Morgan fingerprint density at radius 1 is 1.37 bits per heavy atom. The standard InChI is InChI=1S/C18H28ClN3O4S/c1-4-17(18(23)20-7-8-21-9-11-26-12-10-21)22(27(3,24)25)15-6-5-14(2)16(19)13-15/h5-6,13,17H,4,7-12H2,1-3H3,(H,20,23). The fraction of sp³-hybridized carbons (Fsp3) is 0.611. The van der Waals surface area contributed by atoms with Crippen molar-refractivity contribution in [2.24, 2.45) is 0 Å². The van der Waals surface area contributed by atoms with Crippen molar-refractivity contribution in [2.75, 3.05) is 50.0 Å². The Morgan fingerprint density at radius 3 is 2.59 bits per heavy atom. The van der Waals surface area contributed by atoms with Crippen LogP contribution in [-0.2, 0) is 19.6 Å². The van der Waals surface area contributed by atoms with Gasteiger partial charge in [-0.2, -0.15) is 0 Å². The quantitative estimate of drug-likeness (QED) is 0.695. The molecule has 152 valence electrons. The van der Waals surface area contributed by atoms with Crippen LogP contribution in [0.15, 0.2) is 18.2 Å². The SMILES string of the molecule is CCC(C(=O)NCCN1CCOCC1)N(c1ccc(C)c(Cl)c1)S(C)(=O)=O. The molecule has 1 heterocycles. The maximum absolute atomic E-state index is 12.7. The third-order valence-electron chi connectivity index (χ3n) is 4.57. The highest BCUT2D eigenvalue weighted by atomic mass is 35.5. The lowest BCUT2D eigenvalue weighted by molar-refractivity contribution is -0.122. The lowest BCUT2D eigenvalue weighted by atomic mass is 10.1. The second-order valence-electron chi connectivity index (χ2n) is 6.66. The molecule has 1 aromatic rings. The van der Waals surface area contributed by atoms with Crippen LogP contribution in [0.3, 0.4) is 0 Å². The van der Waals surface area contributed by atoms with Crippen molar-refractivity contribution < 1.29 is 17.9 Å². The Labute approximate surface area is 166 Å². The molecule has 0 saturated carbocycles. The van der Waals surface area contributed by atoms with E-state index in [1.54, 1.807) is 25.1 Å². The van der Waals surface area contributed by atoms with Gasteiger partial charge in [-0.25, -0.2) is 8.42 Å². The zero-order valence-electron chi connectivity index (χ0n) is 16.1. The number of rotatable bonds is 8. The molecule has 2 rings (SSSR count). The number of amides is 1. The highest BCUT2D eigenvalue weighted by Gasteiger charge is 2.31. The molecular formula is C18H28ClN3O4S. The zero-order chi connectivity index (χ0) is 20.0. The number of anilines is 1. The molecule has 1 aliphatic heterocycles. The zero-order valence-corrected chi connectivity index (χ0v) is 17.6. The minimum atomic E-state index is -3.66. The predicted molar refractivity (Wildman–Crippen MR) is 108 cm³/mol. The first kappa shape index (κ1) is 21.9. The molecular weight excluding hydrogens is 390 g/mol. The van der Waals surface area contributed by atoms with Crippen LogP contribution in [0, 0.1) is 6.92 Å². The van der Waals surface area contributed by atoms with Crippen LogP contribution in [0.5, 0.6) is 0 Å². The van der Waals surface area contributed by atoms with Gasteiger partial charge in [0.05, 0.1) is 25.2 Å². The minimum absolute atomic E-state index is 0.312. The number of aryl methyl sites for hydroxylation is 1. The van der Waals surface area contributed by atoms with E-state index in [0.29, 0.717) is 43.4 Å². The molecule has 27 heavy (non-hydrogen) atoms. The van der Waals surface area contributed by atoms with E-state index < -0.39 is 16.1 Å². The lowest BCUT2D eigenvalue weighted by Crippen LogP contribution is -2.50. The predicted octanol–water partition coefficient (Wildman–Crippen LogP) is 1.64. The first-order valence-corrected chi connectivity index (χ1v) is 11.3. The van der Waals surface area contributed by atoms with Crippen LogP contribution in [-0.4, -0.2) is 70.9 Å². The number of sulfonamides is 1. The van der Waals surface area contributed by atoms with Crippen LogP contribution in [0.25, 0.3) is 0 Å². The number of morpholine rings is 1. The van der Waals surface area contributed by atoms with Gasteiger partial charge in [0.2, 0.25) is 15.9 Å². The van der Waals surface area contributed by atoms with E-state index in [9.17, 15) is 13.2 Å². The summed E-state index contributed by atoms with van der Waals surface area (Å²) in [5.74, 6) is -0.312. The third-order valence-corrected chi connectivity index (χ3v) is 6.16. The van der Waals surface area contributed by atoms with Crippen molar-refractivity contribution in [3.63, 3.8) is 0 Å². The Morgan fingerprint density at radius 2 is 2.04 bits per heavy atom. The number of nitrogens with zero attached hydrogens (tertiary/aromatic N) is 2. The molecule has 0 aliphatic carbocycles. The van der Waals surface area contributed by atoms with Crippen LogP contribution >= 0.6 is 11.6 Å². The van der Waals surface area contributed by atoms with E-state index in [0.717, 1.165) is 29.2 Å². The lowest BCUT2D eigenvalue weighted by Gasteiger charge is -2.31. The Balaban J connectivity index is 2.11. The van der Waals surface area contributed by atoms with E-state index >= 15 is 0 Å². The maximum atomic E-state index is 12.7. The van der Waals surface area contributed by atoms with Gasteiger partial charge in [-0.1, -0.05) is 24.6 Å². The van der Waals surface area contributed by atoms with Gasteiger partial charge in [-0.05, 0) is 31.0 Å². The summed E-state index contributed by atoms with van der Waals surface area (Å²) in [5, 5.41) is 3.33. The molecule has 1 N–H and O–H groups in total. The summed E-state index contributed by atoms with van der Waals surface area (Å²) >= 11 is 6.17. The molecule has 1 amide bonds. The molecule has 0 radical (unpaired) electrons. The van der Waals surface area contributed by atoms with E-state index in [1.165, 1.54) is 0 Å². The van der Waals surface area contributed by atoms with Crippen molar-refractivity contribution >= 4 is 33.2 Å². The van der Waals surface area contributed by atoms with E-state index in [1.807, 2.05) is 6.92 Å². The summed E-state index contributed by atoms with van der Waals surface area (Å²) in [5.41, 5.74) is 1.24. The Hall–Kier alpha value is -1.35. The largest absolute Gasteiger partial charge is 0.379 e. The van der Waals surface area contributed by atoms with Gasteiger partial charge in [-0.3, -0.25) is 14.0 Å². The average Bonchev–Trinajstić information content (AvgIpc) is 2.62. The number of halogens is 1. The first-order valence-electron chi connectivity index (χ1n) is 9.07. The summed E-state index contributed by atoms with van der Waals surface area (Å²) in [4.78, 5) is 14.9. The van der Waals surface area contributed by atoms with Gasteiger partial charge in [0.25, 0.3) is 0 Å². The van der Waals surface area contributed by atoms with E-state index in [4.69, 9.17) is 16.3 Å². The first-order chi connectivity index (χ1) is 12.7. The molecule has 1 aromatic carbocycles. The van der Waals surface area contributed by atoms with E-state index in [2.05, 4.69) is 10.2 Å². The highest BCUT2D eigenvalue weighted by molar-refractivity contribution is 7.92. The fourth-order valence-electron chi connectivity index (χ4n) is 3.06. The number of carbonyl (C=O) groups is 1. The number of hydrogen-bond donors (Lipinski definition) is 1. The second-order valence-corrected chi connectivity index (χ2v) is 8.93. The summed E-state index contributed by atoms with van der Waals surface area (Å²) in [6, 6.07) is 4.18. The number of nitrogens with one attached hydrogen (secondary N) is 1. The van der Waals surface area contributed by atoms with Gasteiger partial charge in [0, 0.05) is 31.2 Å². The van der Waals surface area contributed by atoms with Crippen molar-refractivity contribution in [1.29, 1.82) is 0 Å². The number of ether oxygens (including phenoxy) is 1. The number of hydrogen-bond acceptors (Lipinski definition) is 5. The molecule has 9 heteroatoms. The Bertz CT molecular complexity index is 751. The normalized spacial score (nSPS) is 16.7. The highest BCUT2D eigenvalue weighted by Crippen LogP contribution is 2.27. The van der Waals surface area contributed by atoms with Gasteiger partial charge >= 0.3 is 0 Å². The molecule has 1 fully saturated rings. The second kappa shape index (κ2) is 9.73. The molecule has 1 saturated heterocycles. The van der Waals surface area contributed by atoms with E-state index in [-0.39, 0.29) is 5.91 Å². The van der Waals surface area contributed by atoms with Crippen LogP contribution in [0.1, 0.15) is 18.9 Å². The number of benzene rings is 1. The summed E-state index contributed by atoms with van der Waals surface area (Å²) in [6.07, 6.45) is 1.45. The summed E-state index contributed by atoms with van der Waals surface area (Å²) < 4.78 is 31.3. The smallest absolute Gasteiger partial charge is 0.243 e. The maximum Gasteiger partial charge on any atom is 0.243 e. The van der Waals surface area contributed by atoms with Crippen LogP contribution in [0.4, 0.5) is 5.69 Å². The van der Waals surface area contributed by atoms with Gasteiger partial charge in [0.15, 0.2) is 0 Å². The third kappa shape index (κ3) is 6.07. The van der Waals surface area contributed by atoms with Gasteiger partial charge < -0.3 is 10.1 Å². The van der Waals surface area contributed by atoms with Crippen molar-refractivity contribution in [2.45, 2.75) is 26.3 Å². The molecule has 1 unspecified atom stereocenters. The van der Waals surface area contributed by atoms with Crippen molar-refractivity contribution in [1.82, 2.24) is 10.2 Å². The summed E-state index contributed by atoms with van der Waals surface area (Å²) in [6.45, 7) is 7.87. The van der Waals surface area contributed by atoms with Crippen molar-refractivity contribution in [3.8, 4) is 0 Å².